The molecule has 0 aromatic heterocycles. The van der Waals surface area contributed by atoms with Gasteiger partial charge < -0.3 is 28.7 Å². The lowest BCUT2D eigenvalue weighted by Gasteiger charge is -2.26. The number of hydrogen-bond donors (Lipinski definition) is 2. The van der Waals surface area contributed by atoms with Crippen LogP contribution in [0.25, 0.3) is 0 Å². The van der Waals surface area contributed by atoms with Crippen LogP contribution in [0, 0.1) is 0 Å². The summed E-state index contributed by atoms with van der Waals surface area (Å²) in [6.45, 7) is 1.49. The van der Waals surface area contributed by atoms with E-state index in [9.17, 15) is 19.8 Å². The van der Waals surface area contributed by atoms with Crippen molar-refractivity contribution in [2.24, 2.45) is 0 Å². The molecule has 0 saturated heterocycles. The van der Waals surface area contributed by atoms with Crippen molar-refractivity contribution in [2.75, 3.05) is 62.0 Å². The molecule has 32 heavy (non-hydrogen) atoms. The first-order chi connectivity index (χ1) is 14.8. The van der Waals surface area contributed by atoms with E-state index in [0.29, 0.717) is 28.8 Å². The number of nitrogens with zero attached hydrogens (tertiary/aromatic N) is 2. The number of carbonyl (C=O) groups is 2. The summed E-state index contributed by atoms with van der Waals surface area (Å²) in [6, 6.07) is 14.8. The molecule has 2 aromatic carbocycles. The Morgan fingerprint density at radius 2 is 1.44 bits per heavy atom. The molecular weight excluding hydrogens is 412 g/mol. The quantitative estimate of drug-likeness (QED) is 0.365. The fraction of sp³-hybridized carbons (Fsp3) is 0.417. The molecule has 8 heteroatoms. The molecule has 0 saturated carbocycles. The number of phenolic OH excluding ortho intramolecular Hbond substituents is 1. The molecule has 0 spiro atoms. The van der Waals surface area contributed by atoms with Crippen molar-refractivity contribution in [3.05, 3.63) is 65.7 Å². The molecule has 2 aromatic rings. The molecule has 0 bridgehead atoms. The second kappa shape index (κ2) is 12.2. The van der Waals surface area contributed by atoms with Gasteiger partial charge in [0.2, 0.25) is 0 Å². The fourth-order valence-corrected chi connectivity index (χ4v) is 2.40. The van der Waals surface area contributed by atoms with E-state index in [1.807, 2.05) is 48.4 Å². The maximum absolute atomic E-state index is 11.6. The first kappa shape index (κ1) is 27.1. The Bertz CT molecular complexity index is 857. The third kappa shape index (κ3) is 12.0. The van der Waals surface area contributed by atoms with Gasteiger partial charge >= 0.3 is 11.9 Å². The maximum Gasteiger partial charge on any atom is 0.340 e. The van der Waals surface area contributed by atoms with Crippen molar-refractivity contribution in [1.29, 1.82) is 0 Å². The summed E-state index contributed by atoms with van der Waals surface area (Å²) < 4.78 is 11.3. The zero-order valence-electron chi connectivity index (χ0n) is 19.8. The third-order valence-electron chi connectivity index (χ3n) is 4.03. The lowest BCUT2D eigenvalue weighted by Crippen LogP contribution is -2.43. The summed E-state index contributed by atoms with van der Waals surface area (Å²) in [5, 5.41) is 18.8. The summed E-state index contributed by atoms with van der Waals surface area (Å²) in [5.41, 5.74) is 0.823. The summed E-state index contributed by atoms with van der Waals surface area (Å²) in [5.74, 6) is -0.827. The summed E-state index contributed by atoms with van der Waals surface area (Å²) in [4.78, 5) is 23.1. The monoisotopic (exact) mass is 448 g/mol. The Hall–Kier alpha value is -2.94. The van der Waals surface area contributed by atoms with Crippen LogP contribution in [0.2, 0.25) is 0 Å². The number of hydrogen-bond acceptors (Lipinski definition) is 6. The highest BCUT2D eigenvalue weighted by Crippen LogP contribution is 2.11. The first-order valence-corrected chi connectivity index (χ1v) is 10.3. The summed E-state index contributed by atoms with van der Waals surface area (Å²) >= 11 is 0. The van der Waals surface area contributed by atoms with Crippen LogP contribution in [0.4, 0.5) is 0 Å². The molecule has 0 aliphatic carbocycles. The van der Waals surface area contributed by atoms with Crippen molar-refractivity contribution in [1.82, 2.24) is 0 Å². The minimum atomic E-state index is -1.08. The SMILES string of the molecule is C[N+](C)(C)CC(O)OC(=O)c1ccccc1.C[N+](C)(C)CCOC(=O)c1cccc(O)c1. The lowest BCUT2D eigenvalue weighted by atomic mass is 10.2. The molecule has 176 valence electrons. The van der Waals surface area contributed by atoms with E-state index in [1.165, 1.54) is 12.1 Å². The van der Waals surface area contributed by atoms with Gasteiger partial charge in [0.1, 0.15) is 25.4 Å². The van der Waals surface area contributed by atoms with Crippen LogP contribution in [0.3, 0.4) is 0 Å². The Morgan fingerprint density at radius 3 is 1.97 bits per heavy atom. The number of quaternary nitrogens is 2. The smallest absolute Gasteiger partial charge is 0.340 e. The Balaban J connectivity index is 0.000000320. The van der Waals surface area contributed by atoms with Crippen LogP contribution in [-0.2, 0) is 9.47 Å². The average molecular weight is 449 g/mol. The summed E-state index contributed by atoms with van der Waals surface area (Å²) in [6.07, 6.45) is -1.08. The topological polar surface area (TPSA) is 93.1 Å². The molecule has 2 rings (SSSR count). The zero-order chi connectivity index (χ0) is 24.4. The fourth-order valence-electron chi connectivity index (χ4n) is 2.40. The van der Waals surface area contributed by atoms with Crippen molar-refractivity contribution < 1.29 is 38.2 Å². The van der Waals surface area contributed by atoms with Crippen LogP contribution in [0.15, 0.2) is 54.6 Å². The molecule has 1 atom stereocenters. The van der Waals surface area contributed by atoms with Crippen LogP contribution < -0.4 is 0 Å². The van der Waals surface area contributed by atoms with Gasteiger partial charge in [-0.1, -0.05) is 24.3 Å². The second-order valence-corrected chi connectivity index (χ2v) is 9.40. The highest BCUT2D eigenvalue weighted by atomic mass is 16.6. The molecular formula is C24H36N2O6+2. The number of aliphatic hydroxyl groups excluding tert-OH is 1. The Labute approximate surface area is 190 Å². The van der Waals surface area contributed by atoms with E-state index < -0.39 is 18.2 Å². The standard InChI is InChI=1S/C12H17NO3.C12H18NO3/c1-13(2,3)7-8-16-12(15)10-5-4-6-11(14)9-10;1-13(2,3)9-11(14)16-12(15)10-7-5-4-6-8-10/h4-6,9H,7-8H2,1-3H3;4-8,11,14H,9H2,1-3H3/q;+1/p+1. The largest absolute Gasteiger partial charge is 0.508 e. The van der Waals surface area contributed by atoms with E-state index in [0.717, 1.165) is 11.0 Å². The van der Waals surface area contributed by atoms with Gasteiger partial charge in [-0.15, -0.1) is 0 Å². The maximum atomic E-state index is 11.6. The van der Waals surface area contributed by atoms with Gasteiger partial charge in [0.25, 0.3) is 6.29 Å². The highest BCUT2D eigenvalue weighted by Gasteiger charge is 2.19. The molecule has 8 nitrogen and oxygen atoms in total. The highest BCUT2D eigenvalue weighted by molar-refractivity contribution is 5.90. The van der Waals surface area contributed by atoms with E-state index in [4.69, 9.17) is 9.47 Å². The minimum absolute atomic E-state index is 0.0704. The van der Waals surface area contributed by atoms with E-state index in [2.05, 4.69) is 0 Å². The third-order valence-corrected chi connectivity index (χ3v) is 4.03. The van der Waals surface area contributed by atoms with E-state index in [-0.39, 0.29) is 5.75 Å². The molecule has 0 aliphatic heterocycles. The van der Waals surface area contributed by atoms with Gasteiger partial charge in [-0.25, -0.2) is 9.59 Å². The van der Waals surface area contributed by atoms with Gasteiger partial charge in [0, 0.05) is 0 Å². The predicted molar refractivity (Wildman–Crippen MR) is 122 cm³/mol. The van der Waals surface area contributed by atoms with Crippen molar-refractivity contribution in [3.63, 3.8) is 0 Å². The zero-order valence-corrected chi connectivity index (χ0v) is 19.8. The van der Waals surface area contributed by atoms with Gasteiger partial charge in [-0.05, 0) is 30.3 Å². The number of likely N-dealkylation sites (N-methyl/N-ethyl adjacent to an activating group) is 2. The van der Waals surface area contributed by atoms with Crippen molar-refractivity contribution in [2.45, 2.75) is 6.29 Å². The number of rotatable bonds is 8. The molecule has 0 aliphatic rings. The van der Waals surface area contributed by atoms with Gasteiger partial charge in [0.05, 0.1) is 53.4 Å². The average Bonchev–Trinajstić information content (AvgIpc) is 2.66. The van der Waals surface area contributed by atoms with E-state index in [1.54, 1.807) is 36.4 Å². The Morgan fingerprint density at radius 1 is 0.844 bits per heavy atom. The van der Waals surface area contributed by atoms with E-state index >= 15 is 0 Å². The van der Waals surface area contributed by atoms with Gasteiger partial charge in [-0.2, -0.15) is 0 Å². The van der Waals surface area contributed by atoms with Crippen LogP contribution in [0.1, 0.15) is 20.7 Å². The number of ether oxygens (including phenoxy) is 2. The molecule has 0 fully saturated rings. The second-order valence-electron chi connectivity index (χ2n) is 9.40. The van der Waals surface area contributed by atoms with Crippen molar-refractivity contribution in [3.8, 4) is 5.75 Å². The number of aromatic hydroxyl groups is 1. The van der Waals surface area contributed by atoms with Crippen LogP contribution >= 0.6 is 0 Å². The minimum Gasteiger partial charge on any atom is -0.508 e. The Kier molecular flexibility index (Phi) is 10.3. The van der Waals surface area contributed by atoms with Gasteiger partial charge in [-0.3, -0.25) is 0 Å². The van der Waals surface area contributed by atoms with Gasteiger partial charge in [0.15, 0.2) is 0 Å². The number of phenols is 1. The molecule has 0 radical (unpaired) electrons. The summed E-state index contributed by atoms with van der Waals surface area (Å²) in [7, 11) is 11.8. The lowest BCUT2D eigenvalue weighted by molar-refractivity contribution is -0.876. The number of esters is 2. The predicted octanol–water partition coefficient (Wildman–Crippen LogP) is 2.12. The molecule has 2 N–H and O–H groups in total. The molecule has 1 unspecified atom stereocenters. The molecule has 0 heterocycles. The van der Waals surface area contributed by atoms with Crippen LogP contribution in [-0.4, -0.2) is 99.4 Å². The normalized spacial score (nSPS) is 12.2. The first-order valence-electron chi connectivity index (χ1n) is 10.3. The van der Waals surface area contributed by atoms with Crippen molar-refractivity contribution >= 4 is 11.9 Å². The molecule has 0 amide bonds. The number of carbonyl (C=O) groups excluding carboxylic acids is 2. The number of aliphatic hydroxyl groups is 1. The van der Waals surface area contributed by atoms with Crippen LogP contribution in [0.5, 0.6) is 5.75 Å². The number of benzene rings is 2.